The number of halogens is 1. The zero-order chi connectivity index (χ0) is 15.7. The van der Waals surface area contributed by atoms with Gasteiger partial charge in [0.2, 0.25) is 0 Å². The molecule has 0 spiro atoms. The number of carbonyl (C=O) groups is 1. The van der Waals surface area contributed by atoms with Crippen LogP contribution in [0.4, 0.5) is 0 Å². The maximum absolute atomic E-state index is 12.8. The van der Waals surface area contributed by atoms with E-state index in [2.05, 4.69) is 6.58 Å². The minimum absolute atomic E-state index is 0.0821. The molecule has 22 heavy (non-hydrogen) atoms. The molecule has 0 bridgehead atoms. The van der Waals surface area contributed by atoms with Gasteiger partial charge in [-0.15, -0.1) is 0 Å². The molecular weight excluding hydrogens is 292 g/mol. The molecular formula is C20H15ClO. The van der Waals surface area contributed by atoms with Crippen LogP contribution in [0.5, 0.6) is 0 Å². The molecule has 0 saturated carbocycles. The van der Waals surface area contributed by atoms with E-state index in [1.165, 1.54) is 0 Å². The van der Waals surface area contributed by atoms with E-state index in [0.29, 0.717) is 5.03 Å². The molecule has 2 aromatic rings. The van der Waals surface area contributed by atoms with Crippen LogP contribution < -0.4 is 0 Å². The summed E-state index contributed by atoms with van der Waals surface area (Å²) in [6, 6.07) is 13.7. The Morgan fingerprint density at radius 2 is 1.68 bits per heavy atom. The molecule has 0 aliphatic heterocycles. The standard InChI is InChI=1S/C20H15ClO/c1-3-14(12-11-13(2)21)15-9-6-10-17-16-7-4-5-8-18(16)20(22)19(15)17/h3-12H,2H2,1H3/b12-11-,14-3+. The highest BCUT2D eigenvalue weighted by Crippen LogP contribution is 2.40. The molecule has 0 fully saturated rings. The molecule has 1 aliphatic rings. The van der Waals surface area contributed by atoms with E-state index in [9.17, 15) is 4.79 Å². The van der Waals surface area contributed by atoms with E-state index >= 15 is 0 Å². The smallest absolute Gasteiger partial charge is 0.194 e. The summed E-state index contributed by atoms with van der Waals surface area (Å²) in [5, 5.41) is 0.460. The molecule has 1 aliphatic carbocycles. The van der Waals surface area contributed by atoms with E-state index in [1.54, 1.807) is 6.08 Å². The SMILES string of the molecule is C=C(Cl)/C=C\C(=C/C)c1cccc2c1C(=O)c1ccccc1-2. The van der Waals surface area contributed by atoms with Gasteiger partial charge in [-0.2, -0.15) is 0 Å². The summed E-state index contributed by atoms with van der Waals surface area (Å²) in [6.07, 6.45) is 5.60. The van der Waals surface area contributed by atoms with Crippen LogP contribution in [0, 0.1) is 0 Å². The van der Waals surface area contributed by atoms with Gasteiger partial charge in [-0.3, -0.25) is 4.79 Å². The van der Waals surface area contributed by atoms with Crippen LogP contribution in [-0.4, -0.2) is 5.78 Å². The first-order valence-corrected chi connectivity index (χ1v) is 7.47. The van der Waals surface area contributed by atoms with Crippen LogP contribution >= 0.6 is 11.6 Å². The first kappa shape index (κ1) is 14.6. The summed E-state index contributed by atoms with van der Waals surface area (Å²) >= 11 is 5.81. The molecule has 0 atom stereocenters. The topological polar surface area (TPSA) is 17.1 Å². The van der Waals surface area contributed by atoms with E-state index in [-0.39, 0.29) is 5.78 Å². The quantitative estimate of drug-likeness (QED) is 0.575. The summed E-state index contributed by atoms with van der Waals surface area (Å²) < 4.78 is 0. The fraction of sp³-hybridized carbons (Fsp3) is 0.0500. The van der Waals surface area contributed by atoms with Crippen molar-refractivity contribution in [1.29, 1.82) is 0 Å². The average Bonchev–Trinajstić information content (AvgIpc) is 2.82. The number of fused-ring (bicyclic) bond motifs is 3. The van der Waals surface area contributed by atoms with Crippen molar-refractivity contribution in [1.82, 2.24) is 0 Å². The zero-order valence-corrected chi connectivity index (χ0v) is 13.0. The van der Waals surface area contributed by atoms with Crippen LogP contribution in [-0.2, 0) is 0 Å². The monoisotopic (exact) mass is 306 g/mol. The number of hydrogen-bond donors (Lipinski definition) is 0. The molecule has 2 heteroatoms. The molecule has 3 rings (SSSR count). The lowest BCUT2D eigenvalue weighted by Crippen LogP contribution is -1.99. The van der Waals surface area contributed by atoms with E-state index in [1.807, 2.05) is 61.5 Å². The van der Waals surface area contributed by atoms with Gasteiger partial charge in [-0.1, -0.05) is 72.8 Å². The third-order valence-corrected chi connectivity index (χ3v) is 3.95. The van der Waals surface area contributed by atoms with Crippen molar-refractivity contribution in [2.75, 3.05) is 0 Å². The largest absolute Gasteiger partial charge is 0.289 e. The van der Waals surface area contributed by atoms with Crippen molar-refractivity contribution in [3.63, 3.8) is 0 Å². The van der Waals surface area contributed by atoms with E-state index in [4.69, 9.17) is 11.6 Å². The Bertz CT molecular complexity index is 841. The Morgan fingerprint density at radius 1 is 1.00 bits per heavy atom. The van der Waals surface area contributed by atoms with E-state index in [0.717, 1.165) is 33.4 Å². The van der Waals surface area contributed by atoms with Crippen LogP contribution in [0.2, 0.25) is 0 Å². The Labute approximate surface area is 135 Å². The molecule has 108 valence electrons. The normalized spacial score (nSPS) is 13.4. The number of carbonyl (C=O) groups excluding carboxylic acids is 1. The van der Waals surface area contributed by atoms with Crippen molar-refractivity contribution in [2.24, 2.45) is 0 Å². The van der Waals surface area contributed by atoms with Crippen molar-refractivity contribution >= 4 is 23.0 Å². The number of rotatable bonds is 3. The number of hydrogen-bond acceptors (Lipinski definition) is 1. The second-order valence-electron chi connectivity index (χ2n) is 5.13. The summed E-state index contributed by atoms with van der Waals surface area (Å²) in [5.41, 5.74) is 5.42. The first-order valence-electron chi connectivity index (χ1n) is 7.09. The predicted octanol–water partition coefficient (Wildman–Crippen LogP) is 5.61. The third-order valence-electron chi connectivity index (χ3n) is 3.82. The fourth-order valence-corrected chi connectivity index (χ4v) is 2.90. The van der Waals surface area contributed by atoms with Crippen LogP contribution in [0.3, 0.4) is 0 Å². The van der Waals surface area contributed by atoms with Gasteiger partial charge in [0.1, 0.15) is 0 Å². The molecule has 0 unspecified atom stereocenters. The van der Waals surface area contributed by atoms with Crippen LogP contribution in [0.25, 0.3) is 16.7 Å². The molecule has 1 nitrogen and oxygen atoms in total. The maximum atomic E-state index is 12.8. The van der Waals surface area contributed by atoms with Gasteiger partial charge >= 0.3 is 0 Å². The molecule has 0 N–H and O–H groups in total. The molecule has 0 saturated heterocycles. The zero-order valence-electron chi connectivity index (χ0n) is 12.3. The minimum atomic E-state index is 0.0821. The van der Waals surface area contributed by atoms with Gasteiger partial charge in [0.05, 0.1) is 0 Å². The van der Waals surface area contributed by atoms with Gasteiger partial charge in [-0.25, -0.2) is 0 Å². The molecule has 2 aromatic carbocycles. The molecule has 0 amide bonds. The van der Waals surface area contributed by atoms with Gasteiger partial charge in [-0.05, 0) is 35.3 Å². The number of allylic oxidation sites excluding steroid dienone is 5. The van der Waals surface area contributed by atoms with Gasteiger partial charge < -0.3 is 0 Å². The van der Waals surface area contributed by atoms with Crippen LogP contribution in [0.15, 0.2) is 72.3 Å². The summed E-state index contributed by atoms with van der Waals surface area (Å²) in [7, 11) is 0. The summed E-state index contributed by atoms with van der Waals surface area (Å²) in [5.74, 6) is 0.0821. The average molecular weight is 307 g/mol. The summed E-state index contributed by atoms with van der Waals surface area (Å²) in [4.78, 5) is 12.8. The lowest BCUT2D eigenvalue weighted by Gasteiger charge is -2.08. The lowest BCUT2D eigenvalue weighted by molar-refractivity contribution is 0.104. The van der Waals surface area contributed by atoms with Crippen LogP contribution in [0.1, 0.15) is 28.4 Å². The van der Waals surface area contributed by atoms with E-state index < -0.39 is 0 Å². The minimum Gasteiger partial charge on any atom is -0.289 e. The van der Waals surface area contributed by atoms with Gasteiger partial charge in [0, 0.05) is 16.2 Å². The van der Waals surface area contributed by atoms with Crippen molar-refractivity contribution < 1.29 is 4.79 Å². The first-order chi connectivity index (χ1) is 10.6. The molecule has 0 aromatic heterocycles. The highest BCUT2D eigenvalue weighted by atomic mass is 35.5. The molecule has 0 radical (unpaired) electrons. The molecule has 0 heterocycles. The second kappa shape index (κ2) is 5.78. The maximum Gasteiger partial charge on any atom is 0.194 e. The Hall–Kier alpha value is -2.38. The van der Waals surface area contributed by atoms with Gasteiger partial charge in [0.15, 0.2) is 5.78 Å². The summed E-state index contributed by atoms with van der Waals surface area (Å²) in [6.45, 7) is 5.61. The lowest BCUT2D eigenvalue weighted by atomic mass is 9.94. The Morgan fingerprint density at radius 3 is 2.36 bits per heavy atom. The van der Waals surface area contributed by atoms with Crippen molar-refractivity contribution in [2.45, 2.75) is 6.92 Å². The fourth-order valence-electron chi connectivity index (χ4n) is 2.83. The number of ketones is 1. The second-order valence-corrected chi connectivity index (χ2v) is 5.61. The Kier molecular flexibility index (Phi) is 3.82. The van der Waals surface area contributed by atoms with Crippen molar-refractivity contribution in [3.8, 4) is 11.1 Å². The van der Waals surface area contributed by atoms with Crippen molar-refractivity contribution in [3.05, 3.63) is 89.0 Å². The van der Waals surface area contributed by atoms with Gasteiger partial charge in [0.25, 0.3) is 0 Å². The number of benzene rings is 2. The Balaban J connectivity index is 2.19. The highest BCUT2D eigenvalue weighted by Gasteiger charge is 2.28. The third kappa shape index (κ3) is 2.34. The highest BCUT2D eigenvalue weighted by molar-refractivity contribution is 6.31. The predicted molar refractivity (Wildman–Crippen MR) is 93.1 cm³/mol.